The molecule has 2 aromatic rings. The number of benzene rings is 1. The molecule has 0 aliphatic heterocycles. The molecule has 25 heavy (non-hydrogen) atoms. The molecular weight excluding hydrogens is 321 g/mol. The molecule has 1 N–H and O–H groups in total. The SMILES string of the molecule is CCOC(=O)c1cn(CNC(c2ccc(F)cc2)C(C)(C)C)nc1C. The molecule has 0 radical (unpaired) electrons. The van der Waals surface area contributed by atoms with Crippen LogP contribution in [0.1, 0.15) is 55.4 Å². The van der Waals surface area contributed by atoms with Crippen LogP contribution in [0.3, 0.4) is 0 Å². The van der Waals surface area contributed by atoms with E-state index in [0.29, 0.717) is 24.5 Å². The summed E-state index contributed by atoms with van der Waals surface area (Å²) in [6.45, 7) is 10.7. The second-order valence-corrected chi connectivity index (χ2v) is 7.10. The lowest BCUT2D eigenvalue weighted by molar-refractivity contribution is 0.0525. The number of halogens is 1. The minimum atomic E-state index is -0.364. The molecule has 0 aliphatic carbocycles. The normalized spacial score (nSPS) is 12.9. The summed E-state index contributed by atoms with van der Waals surface area (Å²) in [4.78, 5) is 11.9. The summed E-state index contributed by atoms with van der Waals surface area (Å²) in [6.07, 6.45) is 1.69. The van der Waals surface area contributed by atoms with E-state index in [1.807, 2.05) is 0 Å². The van der Waals surface area contributed by atoms with Crippen LogP contribution in [-0.4, -0.2) is 22.4 Å². The zero-order chi connectivity index (χ0) is 18.6. The summed E-state index contributed by atoms with van der Waals surface area (Å²) in [6, 6.07) is 6.51. The van der Waals surface area contributed by atoms with Crippen LogP contribution in [0.4, 0.5) is 4.39 Å². The maximum Gasteiger partial charge on any atom is 0.341 e. The van der Waals surface area contributed by atoms with Gasteiger partial charge in [0.1, 0.15) is 11.4 Å². The summed E-state index contributed by atoms with van der Waals surface area (Å²) in [7, 11) is 0. The lowest BCUT2D eigenvalue weighted by Gasteiger charge is -2.32. The first-order valence-electron chi connectivity index (χ1n) is 8.42. The van der Waals surface area contributed by atoms with E-state index in [-0.39, 0.29) is 23.2 Å². The van der Waals surface area contributed by atoms with Crippen molar-refractivity contribution in [3.05, 3.63) is 53.1 Å². The van der Waals surface area contributed by atoms with Crippen molar-refractivity contribution in [1.82, 2.24) is 15.1 Å². The Morgan fingerprint density at radius 2 is 1.96 bits per heavy atom. The van der Waals surface area contributed by atoms with Crippen LogP contribution >= 0.6 is 0 Å². The summed E-state index contributed by atoms with van der Waals surface area (Å²) in [5, 5.41) is 7.82. The Kier molecular flexibility index (Phi) is 5.95. The molecule has 2 rings (SSSR count). The van der Waals surface area contributed by atoms with Gasteiger partial charge in [-0.2, -0.15) is 5.10 Å². The highest BCUT2D eigenvalue weighted by molar-refractivity contribution is 5.90. The van der Waals surface area contributed by atoms with Gasteiger partial charge in [-0.05, 0) is 37.0 Å². The molecule has 1 aromatic heterocycles. The fraction of sp³-hybridized carbons (Fsp3) is 0.474. The summed E-state index contributed by atoms with van der Waals surface area (Å²) in [5.74, 6) is -0.615. The largest absolute Gasteiger partial charge is 0.462 e. The number of esters is 1. The highest BCUT2D eigenvalue weighted by Gasteiger charge is 2.26. The van der Waals surface area contributed by atoms with Crippen LogP contribution < -0.4 is 5.32 Å². The van der Waals surface area contributed by atoms with Crippen LogP contribution in [0.2, 0.25) is 0 Å². The highest BCUT2D eigenvalue weighted by atomic mass is 19.1. The summed E-state index contributed by atoms with van der Waals surface area (Å²) in [5.41, 5.74) is 2.03. The Morgan fingerprint density at radius 1 is 1.32 bits per heavy atom. The number of aryl methyl sites for hydroxylation is 1. The number of hydrogen-bond donors (Lipinski definition) is 1. The smallest absolute Gasteiger partial charge is 0.341 e. The van der Waals surface area contributed by atoms with Crippen molar-refractivity contribution in [2.24, 2.45) is 5.41 Å². The molecule has 0 amide bonds. The van der Waals surface area contributed by atoms with Crippen molar-refractivity contribution in [2.75, 3.05) is 6.61 Å². The molecule has 0 saturated carbocycles. The first-order valence-corrected chi connectivity index (χ1v) is 8.42. The summed E-state index contributed by atoms with van der Waals surface area (Å²) >= 11 is 0. The second-order valence-electron chi connectivity index (χ2n) is 7.10. The Balaban J connectivity index is 2.15. The van der Waals surface area contributed by atoms with Gasteiger partial charge >= 0.3 is 5.97 Å². The standard InChI is InChI=1S/C19H26FN3O2/c1-6-25-18(24)16-11-23(22-13(16)2)12-21-17(19(3,4)5)14-7-9-15(20)10-8-14/h7-11,17,21H,6,12H2,1-5H3. The van der Waals surface area contributed by atoms with E-state index in [1.165, 1.54) is 12.1 Å². The lowest BCUT2D eigenvalue weighted by atomic mass is 9.82. The quantitative estimate of drug-likeness (QED) is 0.807. The third kappa shape index (κ3) is 4.89. The number of nitrogens with zero attached hydrogens (tertiary/aromatic N) is 2. The monoisotopic (exact) mass is 347 g/mol. The first-order chi connectivity index (χ1) is 11.7. The number of carbonyl (C=O) groups excluding carboxylic acids is 1. The van der Waals surface area contributed by atoms with E-state index in [9.17, 15) is 9.18 Å². The predicted molar refractivity (Wildman–Crippen MR) is 94.7 cm³/mol. The van der Waals surface area contributed by atoms with Crippen molar-refractivity contribution in [3.63, 3.8) is 0 Å². The maximum absolute atomic E-state index is 13.2. The van der Waals surface area contributed by atoms with Gasteiger partial charge < -0.3 is 4.74 Å². The molecule has 5 nitrogen and oxygen atoms in total. The molecular formula is C19H26FN3O2. The molecule has 0 fully saturated rings. The molecule has 136 valence electrons. The lowest BCUT2D eigenvalue weighted by Crippen LogP contribution is -2.33. The molecule has 0 spiro atoms. The second kappa shape index (κ2) is 7.78. The Hall–Kier alpha value is -2.21. The van der Waals surface area contributed by atoms with Gasteiger partial charge in [0.05, 0.1) is 19.0 Å². The molecule has 1 heterocycles. The number of hydrogen-bond acceptors (Lipinski definition) is 4. The number of carbonyl (C=O) groups is 1. The number of nitrogens with one attached hydrogen (secondary N) is 1. The minimum Gasteiger partial charge on any atom is -0.462 e. The Labute approximate surface area is 148 Å². The van der Waals surface area contributed by atoms with Gasteiger partial charge in [0, 0.05) is 12.2 Å². The van der Waals surface area contributed by atoms with E-state index in [2.05, 4.69) is 31.2 Å². The van der Waals surface area contributed by atoms with Crippen molar-refractivity contribution >= 4 is 5.97 Å². The van der Waals surface area contributed by atoms with Gasteiger partial charge in [-0.25, -0.2) is 9.18 Å². The average Bonchev–Trinajstić information content (AvgIpc) is 2.89. The van der Waals surface area contributed by atoms with E-state index in [4.69, 9.17) is 4.74 Å². The predicted octanol–water partition coefficient (Wildman–Crippen LogP) is 3.84. The first kappa shape index (κ1) is 19.1. The molecule has 6 heteroatoms. The van der Waals surface area contributed by atoms with Crippen LogP contribution in [0.25, 0.3) is 0 Å². The minimum absolute atomic E-state index is 0.00338. The van der Waals surface area contributed by atoms with Gasteiger partial charge in [-0.1, -0.05) is 32.9 Å². The van der Waals surface area contributed by atoms with Crippen molar-refractivity contribution in [1.29, 1.82) is 0 Å². The Bertz CT molecular complexity index is 717. The van der Waals surface area contributed by atoms with Gasteiger partial charge in [0.15, 0.2) is 0 Å². The number of rotatable bonds is 6. The van der Waals surface area contributed by atoms with Crippen molar-refractivity contribution < 1.29 is 13.9 Å². The number of aromatic nitrogens is 2. The number of ether oxygens (including phenoxy) is 1. The van der Waals surface area contributed by atoms with Crippen molar-refractivity contribution in [3.8, 4) is 0 Å². The fourth-order valence-corrected chi connectivity index (χ4v) is 2.77. The third-order valence-corrected chi connectivity index (χ3v) is 3.97. The zero-order valence-corrected chi connectivity index (χ0v) is 15.5. The van der Waals surface area contributed by atoms with E-state index in [1.54, 1.807) is 36.9 Å². The molecule has 0 bridgehead atoms. The van der Waals surface area contributed by atoms with Gasteiger partial charge in [-0.15, -0.1) is 0 Å². The molecule has 1 unspecified atom stereocenters. The van der Waals surface area contributed by atoms with E-state index < -0.39 is 0 Å². The van der Waals surface area contributed by atoms with Crippen LogP contribution in [0, 0.1) is 18.2 Å². The van der Waals surface area contributed by atoms with Crippen LogP contribution in [0.5, 0.6) is 0 Å². The highest BCUT2D eigenvalue weighted by Crippen LogP contribution is 2.32. The van der Waals surface area contributed by atoms with Crippen LogP contribution in [0.15, 0.2) is 30.5 Å². The molecule has 1 atom stereocenters. The van der Waals surface area contributed by atoms with Gasteiger partial charge in [0.2, 0.25) is 0 Å². The van der Waals surface area contributed by atoms with Gasteiger partial charge in [-0.3, -0.25) is 10.00 Å². The topological polar surface area (TPSA) is 56.1 Å². The maximum atomic E-state index is 13.2. The average molecular weight is 347 g/mol. The third-order valence-electron chi connectivity index (χ3n) is 3.97. The van der Waals surface area contributed by atoms with Crippen molar-refractivity contribution in [2.45, 2.75) is 47.3 Å². The van der Waals surface area contributed by atoms with Gasteiger partial charge in [0.25, 0.3) is 0 Å². The Morgan fingerprint density at radius 3 is 2.52 bits per heavy atom. The molecule has 0 aliphatic rings. The van der Waals surface area contributed by atoms with E-state index in [0.717, 1.165) is 5.56 Å². The zero-order valence-electron chi connectivity index (χ0n) is 15.5. The molecule has 1 aromatic carbocycles. The fourth-order valence-electron chi connectivity index (χ4n) is 2.77. The van der Waals surface area contributed by atoms with Crippen LogP contribution in [-0.2, 0) is 11.4 Å². The molecule has 0 saturated heterocycles. The van der Waals surface area contributed by atoms with E-state index >= 15 is 0 Å². The summed E-state index contributed by atoms with van der Waals surface area (Å²) < 4.78 is 19.9.